The molecule has 3 saturated heterocycles. The maximum atomic E-state index is 13.3. The van der Waals surface area contributed by atoms with E-state index in [2.05, 4.69) is 4.98 Å². The van der Waals surface area contributed by atoms with Crippen molar-refractivity contribution in [2.24, 2.45) is 5.92 Å². The lowest BCUT2D eigenvalue weighted by molar-refractivity contribution is 0.0588. The number of hydrogen-bond acceptors (Lipinski definition) is 4. The van der Waals surface area contributed by atoms with E-state index in [4.69, 9.17) is 0 Å². The molecule has 0 unspecified atom stereocenters. The number of carbonyl (C=O) groups excluding carboxylic acids is 2. The molecule has 3 fully saturated rings. The van der Waals surface area contributed by atoms with Gasteiger partial charge in [0.05, 0.1) is 0 Å². The molecule has 0 aliphatic carbocycles. The Morgan fingerprint density at radius 2 is 1.68 bits per heavy atom. The fourth-order valence-electron chi connectivity index (χ4n) is 6.31. The molecule has 0 N–H and O–H groups in total. The van der Waals surface area contributed by atoms with E-state index in [1.165, 1.54) is 0 Å². The van der Waals surface area contributed by atoms with Crippen LogP contribution in [0.1, 0.15) is 64.6 Å². The molecule has 4 aliphatic rings. The molecule has 2 amide bonds. The van der Waals surface area contributed by atoms with Crippen molar-refractivity contribution in [2.75, 3.05) is 13.1 Å². The molecular weight excluding hydrogens is 392 g/mol. The van der Waals surface area contributed by atoms with Crippen molar-refractivity contribution < 1.29 is 9.59 Å². The quantitative estimate of drug-likeness (QED) is 0.750. The Kier molecular flexibility index (Phi) is 4.26. The normalized spacial score (nSPS) is 28.5. The number of rotatable bonds is 2. The maximum Gasteiger partial charge on any atom is 0.272 e. The van der Waals surface area contributed by atoms with Crippen LogP contribution in [0.2, 0.25) is 0 Å². The van der Waals surface area contributed by atoms with Crippen molar-refractivity contribution in [3.63, 3.8) is 0 Å². The lowest BCUT2D eigenvalue weighted by atomic mass is 9.82. The zero-order chi connectivity index (χ0) is 21.1. The number of piperidine rings is 1. The van der Waals surface area contributed by atoms with Gasteiger partial charge in [-0.1, -0.05) is 6.07 Å². The minimum absolute atomic E-state index is 0.0533. The molecule has 4 bridgehead atoms. The van der Waals surface area contributed by atoms with Crippen molar-refractivity contribution in [1.29, 1.82) is 0 Å². The highest BCUT2D eigenvalue weighted by Gasteiger charge is 2.44. The predicted molar refractivity (Wildman–Crippen MR) is 114 cm³/mol. The van der Waals surface area contributed by atoms with Crippen LogP contribution in [0.3, 0.4) is 0 Å². The first-order chi connectivity index (χ1) is 15.1. The molecule has 2 aromatic heterocycles. The second-order valence-electron chi connectivity index (χ2n) is 9.49. The SMILES string of the molecule is O=C(c1ccccn1)N1C[C@@H]2C[C@H](C1)c1ccc(C(=O)N3C4CCC3CC4)c(=O)n1C2. The van der Waals surface area contributed by atoms with Crippen molar-refractivity contribution in [3.8, 4) is 0 Å². The van der Waals surface area contributed by atoms with E-state index in [-0.39, 0.29) is 29.2 Å². The molecular formula is C24H26N4O3. The Morgan fingerprint density at radius 1 is 0.903 bits per heavy atom. The van der Waals surface area contributed by atoms with Crippen LogP contribution in [-0.2, 0) is 6.54 Å². The standard InChI is InChI=1S/C24H26N4O3/c29-22-19(23(30)28-17-4-5-18(28)7-6-17)8-9-21-16-11-15(13-27(21)22)12-26(14-16)24(31)20-3-1-2-10-25-20/h1-3,8-10,15-18H,4-7,11-14H2/t15-,16+,17?,18?/m0/s1. The van der Waals surface area contributed by atoms with E-state index in [0.29, 0.717) is 43.0 Å². The topological polar surface area (TPSA) is 75.5 Å². The molecule has 2 aromatic rings. The Bertz CT molecular complexity index is 1090. The highest BCUT2D eigenvalue weighted by atomic mass is 16.2. The number of hydrogen-bond donors (Lipinski definition) is 0. The first-order valence-electron chi connectivity index (χ1n) is 11.4. The van der Waals surface area contributed by atoms with Gasteiger partial charge in [0.1, 0.15) is 11.3 Å². The Morgan fingerprint density at radius 3 is 2.39 bits per heavy atom. The minimum atomic E-state index is -0.159. The second kappa shape index (κ2) is 7.04. The van der Waals surface area contributed by atoms with E-state index in [1.807, 2.05) is 26.5 Å². The number of fused-ring (bicyclic) bond motifs is 6. The summed E-state index contributed by atoms with van der Waals surface area (Å²) in [5, 5.41) is 0. The summed E-state index contributed by atoms with van der Waals surface area (Å²) in [5.74, 6) is 0.181. The first kappa shape index (κ1) is 18.8. The van der Waals surface area contributed by atoms with Gasteiger partial charge in [0.25, 0.3) is 17.4 Å². The smallest absolute Gasteiger partial charge is 0.272 e. The lowest BCUT2D eigenvalue weighted by Crippen LogP contribution is -2.50. The molecule has 0 spiro atoms. The summed E-state index contributed by atoms with van der Waals surface area (Å²) < 4.78 is 1.81. The Hall–Kier alpha value is -2.96. The highest BCUT2D eigenvalue weighted by Crippen LogP contribution is 2.39. The van der Waals surface area contributed by atoms with Crippen molar-refractivity contribution in [3.05, 3.63) is 63.8 Å². The summed E-state index contributed by atoms with van der Waals surface area (Å²) >= 11 is 0. The number of pyridine rings is 2. The van der Waals surface area contributed by atoms with Crippen LogP contribution in [0.4, 0.5) is 0 Å². The summed E-state index contributed by atoms with van der Waals surface area (Å²) in [4.78, 5) is 47.5. The van der Waals surface area contributed by atoms with Gasteiger partial charge in [-0.25, -0.2) is 0 Å². The number of likely N-dealkylation sites (tertiary alicyclic amines) is 1. The maximum absolute atomic E-state index is 13.3. The van der Waals surface area contributed by atoms with Crippen LogP contribution in [0.25, 0.3) is 0 Å². The van der Waals surface area contributed by atoms with Gasteiger partial charge in [-0.2, -0.15) is 0 Å². The third kappa shape index (κ3) is 2.93. The largest absolute Gasteiger partial charge is 0.336 e. The molecule has 0 aromatic carbocycles. The zero-order valence-corrected chi connectivity index (χ0v) is 17.4. The van der Waals surface area contributed by atoms with Gasteiger partial charge >= 0.3 is 0 Å². The number of nitrogens with zero attached hydrogens (tertiary/aromatic N) is 4. The predicted octanol–water partition coefficient (Wildman–Crippen LogP) is 2.27. The van der Waals surface area contributed by atoms with Crippen LogP contribution in [-0.4, -0.2) is 56.3 Å². The van der Waals surface area contributed by atoms with E-state index >= 15 is 0 Å². The molecule has 0 saturated carbocycles. The van der Waals surface area contributed by atoms with Gasteiger partial charge in [0, 0.05) is 49.5 Å². The van der Waals surface area contributed by atoms with Crippen LogP contribution in [0.5, 0.6) is 0 Å². The molecule has 6 rings (SSSR count). The van der Waals surface area contributed by atoms with E-state index in [1.54, 1.807) is 24.4 Å². The fourth-order valence-corrected chi connectivity index (χ4v) is 6.31. The van der Waals surface area contributed by atoms with Gasteiger partial charge in [-0.15, -0.1) is 0 Å². The van der Waals surface area contributed by atoms with E-state index in [0.717, 1.165) is 37.8 Å². The second-order valence-corrected chi connectivity index (χ2v) is 9.49. The molecule has 7 nitrogen and oxygen atoms in total. The number of carbonyl (C=O) groups is 2. The third-order valence-corrected chi connectivity index (χ3v) is 7.69. The molecule has 4 aliphatic heterocycles. The fraction of sp³-hybridized carbons (Fsp3) is 0.500. The lowest BCUT2D eigenvalue weighted by Gasteiger charge is -2.42. The molecule has 0 radical (unpaired) electrons. The van der Waals surface area contributed by atoms with E-state index in [9.17, 15) is 14.4 Å². The number of amides is 2. The van der Waals surface area contributed by atoms with Gasteiger partial charge in [0.15, 0.2) is 0 Å². The Labute approximate surface area is 180 Å². The molecule has 2 atom stereocenters. The van der Waals surface area contributed by atoms with Gasteiger partial charge in [-0.3, -0.25) is 19.4 Å². The first-order valence-corrected chi connectivity index (χ1v) is 11.4. The van der Waals surface area contributed by atoms with Gasteiger partial charge in [-0.05, 0) is 62.3 Å². The average Bonchev–Trinajstić information content (AvgIpc) is 3.40. The molecule has 6 heterocycles. The third-order valence-electron chi connectivity index (χ3n) is 7.69. The Balaban J connectivity index is 1.28. The minimum Gasteiger partial charge on any atom is -0.336 e. The van der Waals surface area contributed by atoms with Crippen LogP contribution < -0.4 is 5.56 Å². The monoisotopic (exact) mass is 418 g/mol. The van der Waals surface area contributed by atoms with Gasteiger partial charge < -0.3 is 14.4 Å². The molecule has 7 heteroatoms. The molecule has 160 valence electrons. The number of aromatic nitrogens is 2. The van der Waals surface area contributed by atoms with Gasteiger partial charge in [0.2, 0.25) is 0 Å². The average molecular weight is 418 g/mol. The summed E-state index contributed by atoms with van der Waals surface area (Å²) in [6, 6.07) is 9.67. The zero-order valence-electron chi connectivity index (χ0n) is 17.4. The van der Waals surface area contributed by atoms with Crippen LogP contribution >= 0.6 is 0 Å². The van der Waals surface area contributed by atoms with Crippen molar-refractivity contribution >= 4 is 11.8 Å². The summed E-state index contributed by atoms with van der Waals surface area (Å²) in [5.41, 5.74) is 1.55. The highest BCUT2D eigenvalue weighted by molar-refractivity contribution is 5.95. The summed E-state index contributed by atoms with van der Waals surface area (Å²) in [7, 11) is 0. The van der Waals surface area contributed by atoms with Crippen LogP contribution in [0, 0.1) is 5.92 Å². The van der Waals surface area contributed by atoms with Crippen molar-refractivity contribution in [1.82, 2.24) is 19.4 Å². The van der Waals surface area contributed by atoms with E-state index < -0.39 is 0 Å². The summed E-state index contributed by atoms with van der Waals surface area (Å²) in [6.07, 6.45) is 6.85. The molecule has 31 heavy (non-hydrogen) atoms. The van der Waals surface area contributed by atoms with Crippen LogP contribution in [0.15, 0.2) is 41.3 Å². The van der Waals surface area contributed by atoms with Crippen molar-refractivity contribution in [2.45, 2.75) is 56.7 Å². The summed E-state index contributed by atoms with van der Waals surface area (Å²) in [6.45, 7) is 1.76.